The number of likely N-dealkylation sites (tertiary alicyclic amines) is 1. The minimum Gasteiger partial charge on any atom is -0.507 e. The second kappa shape index (κ2) is 11.8. The lowest BCUT2D eigenvalue weighted by atomic mass is 9.94. The van der Waals surface area contributed by atoms with Crippen LogP contribution in [0.3, 0.4) is 0 Å². The number of aliphatic hydroxyl groups is 1. The summed E-state index contributed by atoms with van der Waals surface area (Å²) in [6, 6.07) is 21.8. The van der Waals surface area contributed by atoms with Crippen LogP contribution in [0.2, 0.25) is 0 Å². The average Bonchev–Trinajstić information content (AvgIpc) is 3.17. The van der Waals surface area contributed by atoms with Crippen molar-refractivity contribution in [3.05, 3.63) is 101 Å². The Morgan fingerprint density at radius 1 is 0.919 bits per heavy atom. The Balaban J connectivity index is 1.67. The van der Waals surface area contributed by atoms with E-state index in [9.17, 15) is 14.7 Å². The third-order valence-corrected chi connectivity index (χ3v) is 6.36. The molecule has 3 aromatic rings. The van der Waals surface area contributed by atoms with Gasteiger partial charge in [0.15, 0.2) is 0 Å². The van der Waals surface area contributed by atoms with E-state index < -0.39 is 17.7 Å². The molecule has 0 spiro atoms. The van der Waals surface area contributed by atoms with Gasteiger partial charge in [-0.3, -0.25) is 9.59 Å². The second-order valence-corrected chi connectivity index (χ2v) is 9.16. The van der Waals surface area contributed by atoms with Crippen molar-refractivity contribution in [2.24, 2.45) is 0 Å². The Labute approximate surface area is 218 Å². The van der Waals surface area contributed by atoms with Crippen LogP contribution in [0.4, 0.5) is 0 Å². The molecule has 0 bridgehead atoms. The van der Waals surface area contributed by atoms with Gasteiger partial charge in [-0.2, -0.15) is 0 Å². The van der Waals surface area contributed by atoms with Crippen LogP contribution in [0.5, 0.6) is 11.5 Å². The SMILES string of the molecule is CCCOc1ccc(C2/C(=C(/O)c3ccc(OCc4ccccc4)c(C)c3)C(=O)C(=O)N2CCC)cc1. The summed E-state index contributed by atoms with van der Waals surface area (Å²) in [7, 11) is 0. The van der Waals surface area contributed by atoms with E-state index in [4.69, 9.17) is 9.47 Å². The number of benzene rings is 3. The molecule has 4 rings (SSSR count). The van der Waals surface area contributed by atoms with E-state index in [1.807, 2.05) is 75.4 Å². The van der Waals surface area contributed by atoms with Crippen LogP contribution in [0.15, 0.2) is 78.4 Å². The zero-order valence-electron chi connectivity index (χ0n) is 21.6. The van der Waals surface area contributed by atoms with Crippen LogP contribution < -0.4 is 9.47 Å². The van der Waals surface area contributed by atoms with Gasteiger partial charge in [-0.15, -0.1) is 0 Å². The highest BCUT2D eigenvalue weighted by Gasteiger charge is 2.45. The molecule has 192 valence electrons. The smallest absolute Gasteiger partial charge is 0.295 e. The molecular formula is C31H33NO5. The maximum absolute atomic E-state index is 13.2. The van der Waals surface area contributed by atoms with Crippen molar-refractivity contribution in [2.45, 2.75) is 46.3 Å². The summed E-state index contributed by atoms with van der Waals surface area (Å²) in [5.41, 5.74) is 3.18. The van der Waals surface area contributed by atoms with Crippen molar-refractivity contribution in [2.75, 3.05) is 13.2 Å². The van der Waals surface area contributed by atoms with Gasteiger partial charge in [0.25, 0.3) is 11.7 Å². The number of hydrogen-bond donors (Lipinski definition) is 1. The van der Waals surface area contributed by atoms with Crippen molar-refractivity contribution in [1.82, 2.24) is 4.90 Å². The Morgan fingerprint density at radius 3 is 2.30 bits per heavy atom. The quantitative estimate of drug-likeness (QED) is 0.204. The molecule has 1 aliphatic heterocycles. The molecule has 1 amide bonds. The number of ketones is 1. The molecule has 6 heteroatoms. The number of ether oxygens (including phenoxy) is 2. The first-order valence-electron chi connectivity index (χ1n) is 12.7. The zero-order chi connectivity index (χ0) is 26.4. The lowest BCUT2D eigenvalue weighted by Crippen LogP contribution is -2.30. The molecule has 1 saturated heterocycles. The predicted octanol–water partition coefficient (Wildman–Crippen LogP) is 6.19. The predicted molar refractivity (Wildman–Crippen MR) is 143 cm³/mol. The molecule has 6 nitrogen and oxygen atoms in total. The fraction of sp³-hybridized carbons (Fsp3) is 0.290. The topological polar surface area (TPSA) is 76.1 Å². The zero-order valence-corrected chi connectivity index (χ0v) is 21.6. The number of amides is 1. The molecule has 1 N–H and O–H groups in total. The highest BCUT2D eigenvalue weighted by molar-refractivity contribution is 6.46. The lowest BCUT2D eigenvalue weighted by molar-refractivity contribution is -0.139. The number of rotatable bonds is 10. The molecule has 0 radical (unpaired) electrons. The molecule has 1 atom stereocenters. The van der Waals surface area contributed by atoms with Gasteiger partial charge < -0.3 is 19.5 Å². The first kappa shape index (κ1) is 26.0. The number of nitrogens with zero attached hydrogens (tertiary/aromatic N) is 1. The lowest BCUT2D eigenvalue weighted by Gasteiger charge is -2.25. The first-order valence-corrected chi connectivity index (χ1v) is 12.7. The molecule has 1 heterocycles. The van der Waals surface area contributed by atoms with Gasteiger partial charge in [0.05, 0.1) is 18.2 Å². The van der Waals surface area contributed by atoms with Gasteiger partial charge in [0.2, 0.25) is 0 Å². The van der Waals surface area contributed by atoms with E-state index in [1.165, 1.54) is 0 Å². The molecule has 37 heavy (non-hydrogen) atoms. The van der Waals surface area contributed by atoms with Crippen molar-refractivity contribution in [3.8, 4) is 11.5 Å². The van der Waals surface area contributed by atoms with E-state index in [0.29, 0.717) is 37.5 Å². The van der Waals surface area contributed by atoms with Crippen molar-refractivity contribution < 1.29 is 24.2 Å². The molecular weight excluding hydrogens is 466 g/mol. The first-order chi connectivity index (χ1) is 17.9. The van der Waals surface area contributed by atoms with E-state index in [0.717, 1.165) is 28.9 Å². The summed E-state index contributed by atoms with van der Waals surface area (Å²) in [4.78, 5) is 27.7. The Bertz CT molecular complexity index is 1280. The van der Waals surface area contributed by atoms with E-state index in [1.54, 1.807) is 23.1 Å². The van der Waals surface area contributed by atoms with Crippen molar-refractivity contribution >= 4 is 17.4 Å². The Kier molecular flexibility index (Phi) is 8.29. The van der Waals surface area contributed by atoms with Crippen LogP contribution in [-0.4, -0.2) is 34.8 Å². The molecule has 1 aliphatic rings. The summed E-state index contributed by atoms with van der Waals surface area (Å²) in [5.74, 6) is -0.0552. The third-order valence-electron chi connectivity index (χ3n) is 6.36. The maximum Gasteiger partial charge on any atom is 0.295 e. The minimum absolute atomic E-state index is 0.0954. The summed E-state index contributed by atoms with van der Waals surface area (Å²) in [5, 5.41) is 11.3. The third kappa shape index (κ3) is 5.69. The highest BCUT2D eigenvalue weighted by atomic mass is 16.5. The number of carbonyl (C=O) groups excluding carboxylic acids is 2. The van der Waals surface area contributed by atoms with Gasteiger partial charge in [-0.1, -0.05) is 56.3 Å². The highest BCUT2D eigenvalue weighted by Crippen LogP contribution is 2.40. The van der Waals surface area contributed by atoms with Crippen LogP contribution in [-0.2, 0) is 16.2 Å². The fourth-order valence-corrected chi connectivity index (χ4v) is 4.51. The summed E-state index contributed by atoms with van der Waals surface area (Å²) in [6.45, 7) is 7.32. The van der Waals surface area contributed by atoms with E-state index in [-0.39, 0.29) is 11.3 Å². The summed E-state index contributed by atoms with van der Waals surface area (Å²) in [6.07, 6.45) is 1.59. The number of carbonyl (C=O) groups is 2. The van der Waals surface area contributed by atoms with Gasteiger partial charge in [-0.25, -0.2) is 0 Å². The van der Waals surface area contributed by atoms with Crippen LogP contribution in [0.25, 0.3) is 5.76 Å². The maximum atomic E-state index is 13.2. The normalized spacial score (nSPS) is 16.7. The standard InChI is InChI=1S/C31H33NO5/c1-4-17-32-28(23-11-14-25(15-12-23)36-18-5-2)27(30(34)31(32)35)29(33)24-13-16-26(21(3)19-24)37-20-22-9-7-6-8-10-22/h6-16,19,28,33H,4-5,17-18,20H2,1-3H3/b29-27-. The summed E-state index contributed by atoms with van der Waals surface area (Å²) >= 11 is 0. The fourth-order valence-electron chi connectivity index (χ4n) is 4.51. The summed E-state index contributed by atoms with van der Waals surface area (Å²) < 4.78 is 11.6. The molecule has 0 saturated carbocycles. The number of Topliss-reactive ketones (excluding diaryl/α,β-unsaturated/α-hetero) is 1. The monoisotopic (exact) mass is 499 g/mol. The molecule has 1 fully saturated rings. The van der Waals surface area contributed by atoms with Gasteiger partial charge in [0.1, 0.15) is 23.9 Å². The van der Waals surface area contributed by atoms with Crippen molar-refractivity contribution in [1.29, 1.82) is 0 Å². The van der Waals surface area contributed by atoms with Crippen LogP contribution >= 0.6 is 0 Å². The van der Waals surface area contributed by atoms with Crippen molar-refractivity contribution in [3.63, 3.8) is 0 Å². The van der Waals surface area contributed by atoms with E-state index in [2.05, 4.69) is 0 Å². The number of hydrogen-bond acceptors (Lipinski definition) is 5. The van der Waals surface area contributed by atoms with E-state index >= 15 is 0 Å². The van der Waals surface area contributed by atoms with Crippen LogP contribution in [0, 0.1) is 6.92 Å². The van der Waals surface area contributed by atoms with Crippen LogP contribution in [0.1, 0.15) is 55.0 Å². The number of aliphatic hydroxyl groups excluding tert-OH is 1. The van der Waals surface area contributed by atoms with Gasteiger partial charge in [-0.05, 0) is 66.8 Å². The second-order valence-electron chi connectivity index (χ2n) is 9.16. The van der Waals surface area contributed by atoms with Gasteiger partial charge in [0, 0.05) is 12.1 Å². The Morgan fingerprint density at radius 2 is 1.65 bits per heavy atom. The average molecular weight is 500 g/mol. The molecule has 0 aliphatic carbocycles. The molecule has 3 aromatic carbocycles. The molecule has 1 unspecified atom stereocenters. The Hall–Kier alpha value is -4.06. The number of aryl methyl sites for hydroxylation is 1. The molecule has 0 aromatic heterocycles. The largest absolute Gasteiger partial charge is 0.507 e. The van der Waals surface area contributed by atoms with Gasteiger partial charge >= 0.3 is 0 Å². The minimum atomic E-state index is -0.677.